The molecule has 0 saturated carbocycles. The number of carbonyl (C=O) groups excluding carboxylic acids is 1. The minimum Gasteiger partial charge on any atom is -0.490 e. The summed E-state index contributed by atoms with van der Waals surface area (Å²) in [5.74, 6) is 0.356. The number of halogens is 3. The van der Waals surface area contributed by atoms with Gasteiger partial charge in [0.1, 0.15) is 11.9 Å². The van der Waals surface area contributed by atoms with Crippen molar-refractivity contribution < 1.29 is 22.7 Å². The molecule has 1 fully saturated rings. The summed E-state index contributed by atoms with van der Waals surface area (Å²) >= 11 is 0. The van der Waals surface area contributed by atoms with Gasteiger partial charge in [0, 0.05) is 43.9 Å². The fraction of sp³-hybridized carbons (Fsp3) is 0.368. The van der Waals surface area contributed by atoms with Crippen LogP contribution in [0.3, 0.4) is 0 Å². The van der Waals surface area contributed by atoms with Crippen LogP contribution in [0.5, 0.6) is 5.75 Å². The number of pyridine rings is 1. The molecule has 4 nitrogen and oxygen atoms in total. The number of nitrogens with zero attached hydrogens (tertiary/aromatic N) is 2. The lowest BCUT2D eigenvalue weighted by Gasteiger charge is -2.32. The second-order valence-electron chi connectivity index (χ2n) is 6.32. The number of alkyl halides is 3. The highest BCUT2D eigenvalue weighted by molar-refractivity contribution is 5.96. The van der Waals surface area contributed by atoms with E-state index in [2.05, 4.69) is 4.98 Å². The summed E-state index contributed by atoms with van der Waals surface area (Å²) in [4.78, 5) is 18.2. The van der Waals surface area contributed by atoms with Gasteiger partial charge in [-0.2, -0.15) is 13.2 Å². The first-order valence-electron chi connectivity index (χ1n) is 8.38. The van der Waals surface area contributed by atoms with E-state index in [9.17, 15) is 18.0 Å². The fourth-order valence-corrected chi connectivity index (χ4v) is 2.99. The average molecular weight is 364 g/mol. The highest BCUT2D eigenvalue weighted by atomic mass is 19.4. The predicted molar refractivity (Wildman–Crippen MR) is 90.0 cm³/mol. The van der Waals surface area contributed by atoms with Crippen LogP contribution in [0.25, 0.3) is 0 Å². The first-order valence-corrected chi connectivity index (χ1v) is 8.38. The number of likely N-dealkylation sites (tertiary alicyclic amines) is 1. The molecule has 2 heterocycles. The Morgan fingerprint density at radius 2 is 1.81 bits per heavy atom. The molecule has 0 N–H and O–H groups in total. The largest absolute Gasteiger partial charge is 0.490 e. The molecule has 0 bridgehead atoms. The Bertz CT molecular complexity index is 770. The van der Waals surface area contributed by atoms with Crippen molar-refractivity contribution in [3.8, 4) is 5.75 Å². The molecule has 1 aliphatic heterocycles. The molecule has 1 aromatic heterocycles. The van der Waals surface area contributed by atoms with Crippen LogP contribution in [0, 0.1) is 6.92 Å². The van der Waals surface area contributed by atoms with Crippen molar-refractivity contribution >= 4 is 5.91 Å². The third-order valence-electron chi connectivity index (χ3n) is 4.48. The van der Waals surface area contributed by atoms with Gasteiger partial charge in [0.2, 0.25) is 0 Å². The molecule has 26 heavy (non-hydrogen) atoms. The van der Waals surface area contributed by atoms with E-state index in [0.717, 1.165) is 17.9 Å². The van der Waals surface area contributed by atoms with E-state index in [1.54, 1.807) is 36.4 Å². The number of aromatic nitrogens is 1. The van der Waals surface area contributed by atoms with E-state index < -0.39 is 11.7 Å². The number of hydrogen-bond donors (Lipinski definition) is 0. The normalized spacial score (nSPS) is 15.8. The van der Waals surface area contributed by atoms with Gasteiger partial charge in [-0.05, 0) is 36.8 Å². The summed E-state index contributed by atoms with van der Waals surface area (Å²) in [5, 5.41) is 0. The molecule has 0 atom stereocenters. The van der Waals surface area contributed by atoms with Crippen LogP contribution in [0.15, 0.2) is 42.7 Å². The van der Waals surface area contributed by atoms with Crippen LogP contribution in [0.1, 0.15) is 34.3 Å². The van der Waals surface area contributed by atoms with Crippen LogP contribution in [0.4, 0.5) is 13.2 Å². The predicted octanol–water partition coefficient (Wildman–Crippen LogP) is 4.09. The zero-order valence-electron chi connectivity index (χ0n) is 14.3. The molecule has 0 radical (unpaired) electrons. The zero-order chi connectivity index (χ0) is 18.7. The number of aryl methyl sites for hydroxylation is 1. The molecule has 2 aromatic rings. The highest BCUT2D eigenvalue weighted by Crippen LogP contribution is 2.31. The van der Waals surface area contributed by atoms with E-state index in [1.807, 2.05) is 0 Å². The SMILES string of the molecule is Cc1ccc(C(F)(F)F)cc1C(=O)N1CCC(Oc2ccncc2)CC1. The Morgan fingerprint density at radius 3 is 2.42 bits per heavy atom. The van der Waals surface area contributed by atoms with Crippen molar-refractivity contribution in [3.05, 3.63) is 59.4 Å². The zero-order valence-corrected chi connectivity index (χ0v) is 14.3. The summed E-state index contributed by atoms with van der Waals surface area (Å²) in [6, 6.07) is 6.82. The maximum atomic E-state index is 12.9. The van der Waals surface area contributed by atoms with E-state index in [0.29, 0.717) is 31.5 Å². The van der Waals surface area contributed by atoms with Crippen LogP contribution < -0.4 is 4.74 Å². The molecule has 0 unspecified atom stereocenters. The molecule has 0 spiro atoms. The molecular formula is C19H19F3N2O2. The third kappa shape index (κ3) is 4.15. The number of benzene rings is 1. The maximum absolute atomic E-state index is 12.9. The van der Waals surface area contributed by atoms with E-state index in [-0.39, 0.29) is 17.6 Å². The minimum absolute atomic E-state index is 0.0240. The van der Waals surface area contributed by atoms with Gasteiger partial charge in [0.25, 0.3) is 5.91 Å². The molecule has 7 heteroatoms. The van der Waals surface area contributed by atoms with E-state index >= 15 is 0 Å². The van der Waals surface area contributed by atoms with Crippen molar-refractivity contribution in [2.24, 2.45) is 0 Å². The number of hydrogen-bond acceptors (Lipinski definition) is 3. The summed E-state index contributed by atoms with van der Waals surface area (Å²) < 4.78 is 44.6. The van der Waals surface area contributed by atoms with Gasteiger partial charge in [0.15, 0.2) is 0 Å². The van der Waals surface area contributed by atoms with Gasteiger partial charge in [-0.25, -0.2) is 0 Å². The molecule has 1 amide bonds. The lowest BCUT2D eigenvalue weighted by molar-refractivity contribution is -0.137. The van der Waals surface area contributed by atoms with Crippen molar-refractivity contribution in [1.29, 1.82) is 0 Å². The van der Waals surface area contributed by atoms with E-state index in [4.69, 9.17) is 4.74 Å². The van der Waals surface area contributed by atoms with Crippen molar-refractivity contribution in [1.82, 2.24) is 9.88 Å². The smallest absolute Gasteiger partial charge is 0.416 e. The topological polar surface area (TPSA) is 42.4 Å². The molecule has 1 saturated heterocycles. The highest BCUT2D eigenvalue weighted by Gasteiger charge is 2.32. The second kappa shape index (κ2) is 7.35. The van der Waals surface area contributed by atoms with Gasteiger partial charge in [-0.15, -0.1) is 0 Å². The Balaban J connectivity index is 1.65. The van der Waals surface area contributed by atoms with Crippen LogP contribution >= 0.6 is 0 Å². The van der Waals surface area contributed by atoms with Gasteiger partial charge in [-0.1, -0.05) is 6.07 Å². The first kappa shape index (κ1) is 18.2. The summed E-state index contributed by atoms with van der Waals surface area (Å²) in [6.45, 7) is 2.54. The number of rotatable bonds is 3. The lowest BCUT2D eigenvalue weighted by Crippen LogP contribution is -2.42. The maximum Gasteiger partial charge on any atom is 0.416 e. The number of amides is 1. The van der Waals surface area contributed by atoms with Crippen LogP contribution in [-0.4, -0.2) is 35.0 Å². The minimum atomic E-state index is -4.46. The fourth-order valence-electron chi connectivity index (χ4n) is 2.99. The Morgan fingerprint density at radius 1 is 1.15 bits per heavy atom. The second-order valence-corrected chi connectivity index (χ2v) is 6.32. The molecular weight excluding hydrogens is 345 g/mol. The van der Waals surface area contributed by atoms with Gasteiger partial charge in [0.05, 0.1) is 5.56 Å². The van der Waals surface area contributed by atoms with Gasteiger partial charge in [-0.3, -0.25) is 9.78 Å². The monoisotopic (exact) mass is 364 g/mol. The number of carbonyl (C=O) groups is 1. The molecule has 138 valence electrons. The third-order valence-corrected chi connectivity index (χ3v) is 4.48. The molecule has 3 rings (SSSR count). The van der Waals surface area contributed by atoms with Gasteiger partial charge < -0.3 is 9.64 Å². The Hall–Kier alpha value is -2.57. The lowest BCUT2D eigenvalue weighted by atomic mass is 10.0. The van der Waals surface area contributed by atoms with Crippen molar-refractivity contribution in [3.63, 3.8) is 0 Å². The quantitative estimate of drug-likeness (QED) is 0.824. The number of piperidine rings is 1. The standard InChI is InChI=1S/C19H19F3N2O2/c1-13-2-3-14(19(20,21)22)12-17(13)18(25)24-10-6-16(7-11-24)26-15-4-8-23-9-5-15/h2-5,8-9,12,16H,6-7,10-11H2,1H3. The Kier molecular flexibility index (Phi) is 5.15. The van der Waals surface area contributed by atoms with Gasteiger partial charge >= 0.3 is 6.18 Å². The first-order chi connectivity index (χ1) is 12.3. The Labute approximate surface area is 149 Å². The van der Waals surface area contributed by atoms with Crippen LogP contribution in [0.2, 0.25) is 0 Å². The van der Waals surface area contributed by atoms with Crippen molar-refractivity contribution in [2.75, 3.05) is 13.1 Å². The average Bonchev–Trinajstić information content (AvgIpc) is 2.62. The van der Waals surface area contributed by atoms with Crippen LogP contribution in [-0.2, 0) is 6.18 Å². The number of ether oxygens (including phenoxy) is 1. The molecule has 1 aliphatic rings. The summed E-state index contributed by atoms with van der Waals surface area (Å²) in [7, 11) is 0. The molecule has 0 aliphatic carbocycles. The van der Waals surface area contributed by atoms with Crippen molar-refractivity contribution in [2.45, 2.75) is 32.0 Å². The summed E-state index contributed by atoms with van der Waals surface area (Å²) in [6.07, 6.45) is 0.0604. The molecule has 1 aromatic carbocycles. The summed E-state index contributed by atoms with van der Waals surface area (Å²) in [5.41, 5.74) is -0.158. The van der Waals surface area contributed by atoms with E-state index in [1.165, 1.54) is 6.07 Å².